The Kier molecular flexibility index (Phi) is 5.40. The average molecular weight is 422 g/mol. The molecule has 9 nitrogen and oxygen atoms in total. The molecule has 3 aromatic rings. The number of fused-ring (bicyclic) bond motifs is 1. The molecule has 2 aromatic heterocycles. The van der Waals surface area contributed by atoms with Crippen LogP contribution in [0.25, 0.3) is 11.3 Å². The fraction of sp³-hybridized carbons (Fsp3) is 0.500. The van der Waals surface area contributed by atoms with Gasteiger partial charge in [-0.05, 0) is 41.1 Å². The Morgan fingerprint density at radius 3 is 2.68 bits per heavy atom. The van der Waals surface area contributed by atoms with E-state index in [1.165, 1.54) is 5.56 Å². The Bertz CT molecular complexity index is 1050. The highest BCUT2D eigenvalue weighted by atomic mass is 16.6. The van der Waals surface area contributed by atoms with Crippen LogP contribution in [0.4, 0.5) is 11.6 Å². The fourth-order valence-corrected chi connectivity index (χ4v) is 4.64. The van der Waals surface area contributed by atoms with Crippen LogP contribution in [0, 0.1) is 5.92 Å². The zero-order valence-corrected chi connectivity index (χ0v) is 17.8. The number of nitrogens with zero attached hydrogens (tertiary/aromatic N) is 7. The van der Waals surface area contributed by atoms with Crippen LogP contribution in [0.2, 0.25) is 0 Å². The monoisotopic (exact) mass is 421 g/mol. The van der Waals surface area contributed by atoms with Crippen LogP contribution < -0.4 is 9.80 Å². The molecular weight excluding hydrogens is 394 g/mol. The molecule has 31 heavy (non-hydrogen) atoms. The molecule has 1 amide bonds. The Balaban J connectivity index is 1.41. The number of rotatable bonds is 6. The van der Waals surface area contributed by atoms with Gasteiger partial charge < -0.3 is 14.7 Å². The minimum atomic E-state index is 0.287. The third kappa shape index (κ3) is 4.17. The van der Waals surface area contributed by atoms with Gasteiger partial charge in [0.2, 0.25) is 17.2 Å². The lowest BCUT2D eigenvalue weighted by molar-refractivity contribution is -0.128. The topological polar surface area (TPSA) is 91.5 Å². The molecule has 1 atom stereocenters. The molecule has 2 aliphatic rings. The molecule has 0 bridgehead atoms. The number of likely N-dealkylation sites (tertiary alicyclic amines) is 1. The third-order valence-electron chi connectivity index (χ3n) is 6.17. The van der Waals surface area contributed by atoms with Crippen molar-refractivity contribution in [1.29, 1.82) is 0 Å². The molecule has 9 heteroatoms. The van der Waals surface area contributed by atoms with Gasteiger partial charge in [-0.15, -0.1) is 0 Å². The van der Waals surface area contributed by atoms with Gasteiger partial charge in [0.15, 0.2) is 11.6 Å². The van der Waals surface area contributed by atoms with E-state index >= 15 is 0 Å². The van der Waals surface area contributed by atoms with Crippen molar-refractivity contribution in [2.24, 2.45) is 5.92 Å². The number of carbonyl (C=O) groups is 1. The summed E-state index contributed by atoms with van der Waals surface area (Å²) in [5.41, 5.74) is 2.03. The van der Waals surface area contributed by atoms with Crippen molar-refractivity contribution >= 4 is 28.8 Å². The van der Waals surface area contributed by atoms with Gasteiger partial charge in [0.05, 0.1) is 0 Å². The largest absolute Gasteiger partial charge is 0.353 e. The third-order valence-corrected chi connectivity index (χ3v) is 6.17. The summed E-state index contributed by atoms with van der Waals surface area (Å²) in [5, 5.41) is 7.81. The van der Waals surface area contributed by atoms with Crippen LogP contribution >= 0.6 is 0 Å². The molecule has 2 saturated heterocycles. The van der Waals surface area contributed by atoms with Crippen molar-refractivity contribution in [3.05, 3.63) is 35.9 Å². The van der Waals surface area contributed by atoms with Crippen LogP contribution in [-0.2, 0) is 11.3 Å². The second kappa shape index (κ2) is 8.49. The van der Waals surface area contributed by atoms with Crippen molar-refractivity contribution in [2.75, 3.05) is 43.0 Å². The van der Waals surface area contributed by atoms with Gasteiger partial charge in [0, 0.05) is 46.2 Å². The lowest BCUT2D eigenvalue weighted by atomic mass is 9.97. The van der Waals surface area contributed by atoms with Crippen LogP contribution in [0.15, 0.2) is 35.0 Å². The van der Waals surface area contributed by atoms with E-state index in [0.29, 0.717) is 30.2 Å². The second-order valence-corrected chi connectivity index (χ2v) is 8.52. The van der Waals surface area contributed by atoms with Gasteiger partial charge >= 0.3 is 0 Å². The molecule has 5 rings (SSSR count). The number of aromatic nitrogens is 4. The normalized spacial score (nSPS) is 19.4. The number of carbonyl (C=O) groups excluding carboxylic acids is 1. The van der Waals surface area contributed by atoms with Gasteiger partial charge in [-0.2, -0.15) is 0 Å². The second-order valence-electron chi connectivity index (χ2n) is 8.52. The molecule has 4 heterocycles. The van der Waals surface area contributed by atoms with Gasteiger partial charge in [-0.3, -0.25) is 4.79 Å². The summed E-state index contributed by atoms with van der Waals surface area (Å²) in [6.07, 6.45) is 3.85. The maximum atomic E-state index is 12.1. The number of benzene rings is 1. The first-order valence-corrected chi connectivity index (χ1v) is 11.0. The average Bonchev–Trinajstić information content (AvgIpc) is 3.42. The first-order valence-electron chi connectivity index (χ1n) is 11.0. The van der Waals surface area contributed by atoms with Gasteiger partial charge in [-0.1, -0.05) is 30.3 Å². The van der Waals surface area contributed by atoms with E-state index in [1.54, 1.807) is 0 Å². The summed E-state index contributed by atoms with van der Waals surface area (Å²) in [5.74, 6) is 2.29. The van der Waals surface area contributed by atoms with Crippen LogP contribution in [0.3, 0.4) is 0 Å². The Morgan fingerprint density at radius 2 is 1.90 bits per heavy atom. The number of anilines is 2. The summed E-state index contributed by atoms with van der Waals surface area (Å²) in [6.45, 7) is 4.17. The summed E-state index contributed by atoms with van der Waals surface area (Å²) in [6, 6.07) is 10.3. The lowest BCUT2D eigenvalue weighted by Crippen LogP contribution is -2.42. The number of hydrogen-bond acceptors (Lipinski definition) is 8. The molecule has 0 unspecified atom stereocenters. The molecule has 0 saturated carbocycles. The van der Waals surface area contributed by atoms with Crippen molar-refractivity contribution in [3.8, 4) is 0 Å². The highest BCUT2D eigenvalue weighted by Gasteiger charge is 2.29. The van der Waals surface area contributed by atoms with Gasteiger partial charge in [0.25, 0.3) is 0 Å². The SMILES string of the molecule is CN(Cc1ccccc1)c1nc2nonc2nc1N1CCC[C@@H](CN2CCCC2=O)C1. The standard InChI is InChI=1S/C22H27N7O2/c1-27(13-16-7-3-2-4-8-16)21-22(24-20-19(23-21)25-31-26-20)29-12-5-9-17(15-29)14-28-11-6-10-18(28)30/h2-4,7-8,17H,5-6,9-15H2,1H3/t17-/m0/s1. The van der Waals surface area contributed by atoms with E-state index in [-0.39, 0.29) is 5.91 Å². The predicted molar refractivity (Wildman–Crippen MR) is 117 cm³/mol. The Morgan fingerprint density at radius 1 is 1.10 bits per heavy atom. The molecule has 0 N–H and O–H groups in total. The first kappa shape index (κ1) is 19.7. The predicted octanol–water partition coefficient (Wildman–Crippen LogP) is 2.49. The molecule has 1 aromatic carbocycles. The van der Waals surface area contributed by atoms with Gasteiger partial charge in [0.1, 0.15) is 0 Å². The smallest absolute Gasteiger partial charge is 0.245 e. The quantitative estimate of drug-likeness (QED) is 0.600. The lowest BCUT2D eigenvalue weighted by Gasteiger charge is -2.36. The fourth-order valence-electron chi connectivity index (χ4n) is 4.64. The van der Waals surface area contributed by atoms with Crippen LogP contribution in [0.1, 0.15) is 31.2 Å². The molecule has 2 fully saturated rings. The highest BCUT2D eigenvalue weighted by Crippen LogP contribution is 2.31. The van der Waals surface area contributed by atoms with E-state index in [1.807, 2.05) is 30.1 Å². The molecule has 0 spiro atoms. The van der Waals surface area contributed by atoms with Crippen molar-refractivity contribution in [1.82, 2.24) is 25.2 Å². The van der Waals surface area contributed by atoms with Crippen molar-refractivity contribution in [3.63, 3.8) is 0 Å². The van der Waals surface area contributed by atoms with Crippen molar-refractivity contribution < 1.29 is 9.42 Å². The van der Waals surface area contributed by atoms with Crippen LogP contribution in [0.5, 0.6) is 0 Å². The van der Waals surface area contributed by atoms with Crippen LogP contribution in [-0.4, -0.2) is 64.3 Å². The Hall–Kier alpha value is -3.23. The molecule has 0 radical (unpaired) electrons. The van der Waals surface area contributed by atoms with Crippen molar-refractivity contribution in [2.45, 2.75) is 32.2 Å². The highest BCUT2D eigenvalue weighted by molar-refractivity contribution is 5.78. The first-order chi connectivity index (χ1) is 15.2. The molecule has 0 aliphatic carbocycles. The summed E-state index contributed by atoms with van der Waals surface area (Å²) >= 11 is 0. The van der Waals surface area contributed by atoms with E-state index in [9.17, 15) is 4.79 Å². The zero-order chi connectivity index (χ0) is 21.2. The Labute approximate surface area is 181 Å². The minimum absolute atomic E-state index is 0.287. The summed E-state index contributed by atoms with van der Waals surface area (Å²) < 4.78 is 4.88. The molecule has 2 aliphatic heterocycles. The summed E-state index contributed by atoms with van der Waals surface area (Å²) in [4.78, 5) is 28.0. The van der Waals surface area contributed by atoms with E-state index in [0.717, 1.165) is 57.1 Å². The van der Waals surface area contributed by atoms with E-state index in [2.05, 4.69) is 32.2 Å². The number of amides is 1. The maximum Gasteiger partial charge on any atom is 0.245 e. The molecular formula is C22H27N7O2. The summed E-state index contributed by atoms with van der Waals surface area (Å²) in [7, 11) is 2.02. The zero-order valence-electron chi connectivity index (χ0n) is 17.8. The van der Waals surface area contributed by atoms with E-state index in [4.69, 9.17) is 14.6 Å². The maximum absolute atomic E-state index is 12.1. The van der Waals surface area contributed by atoms with Gasteiger partial charge in [-0.25, -0.2) is 14.6 Å². The molecule has 162 valence electrons. The van der Waals surface area contributed by atoms with E-state index < -0.39 is 0 Å². The number of piperidine rings is 1. The number of hydrogen-bond donors (Lipinski definition) is 0. The minimum Gasteiger partial charge on any atom is -0.353 e.